The van der Waals surface area contributed by atoms with E-state index in [4.69, 9.17) is 5.11 Å². The Hall–Kier alpha value is -0.570. The van der Waals surface area contributed by atoms with Crippen LogP contribution >= 0.6 is 0 Å². The standard InChI is InChI=1S/C6H10O3/c1-5(2,3)6(8)4(7)9-6/h8H,1-3H3. The van der Waals surface area contributed by atoms with Crippen LogP contribution in [-0.2, 0) is 9.53 Å². The number of carbonyl (C=O) groups is 1. The number of hydrogen-bond donors (Lipinski definition) is 1. The average Bonchev–Trinajstić information content (AvgIpc) is 2.13. The number of cyclic esters (lactones) is 1. The Morgan fingerprint density at radius 3 is 1.89 bits per heavy atom. The summed E-state index contributed by atoms with van der Waals surface area (Å²) in [6, 6.07) is 0. The average molecular weight is 130 g/mol. The summed E-state index contributed by atoms with van der Waals surface area (Å²) in [6.07, 6.45) is 0. The molecule has 0 radical (unpaired) electrons. The Morgan fingerprint density at radius 1 is 1.56 bits per heavy atom. The second kappa shape index (κ2) is 1.29. The Morgan fingerprint density at radius 2 is 1.89 bits per heavy atom. The first kappa shape index (κ1) is 6.55. The van der Waals surface area contributed by atoms with Gasteiger partial charge in [0.1, 0.15) is 0 Å². The van der Waals surface area contributed by atoms with E-state index in [-0.39, 0.29) is 0 Å². The summed E-state index contributed by atoms with van der Waals surface area (Å²) in [5, 5.41) is 9.16. The lowest BCUT2D eigenvalue weighted by molar-refractivity contribution is -0.119. The predicted octanol–water partition coefficient (Wildman–Crippen LogP) is 0.278. The Kier molecular flexibility index (Phi) is 0.939. The van der Waals surface area contributed by atoms with Crippen LogP contribution < -0.4 is 0 Å². The van der Waals surface area contributed by atoms with Gasteiger partial charge >= 0.3 is 11.8 Å². The summed E-state index contributed by atoms with van der Waals surface area (Å²) in [5.41, 5.74) is -0.496. The molecule has 3 heteroatoms. The van der Waals surface area contributed by atoms with Crippen molar-refractivity contribution in [3.8, 4) is 0 Å². The second-order valence-electron chi connectivity index (χ2n) is 3.28. The maximum absolute atomic E-state index is 10.4. The predicted molar refractivity (Wildman–Crippen MR) is 30.5 cm³/mol. The van der Waals surface area contributed by atoms with E-state index in [1.54, 1.807) is 20.8 Å². The van der Waals surface area contributed by atoms with Crippen LogP contribution in [0, 0.1) is 5.41 Å². The lowest BCUT2D eigenvalue weighted by atomic mass is 9.89. The monoisotopic (exact) mass is 130 g/mol. The molecule has 0 aromatic carbocycles. The summed E-state index contributed by atoms with van der Waals surface area (Å²) in [7, 11) is 0. The molecule has 0 spiro atoms. The fourth-order valence-electron chi connectivity index (χ4n) is 0.568. The minimum atomic E-state index is -1.49. The molecule has 0 aliphatic carbocycles. The highest BCUT2D eigenvalue weighted by Crippen LogP contribution is 2.42. The van der Waals surface area contributed by atoms with Gasteiger partial charge in [0.25, 0.3) is 0 Å². The van der Waals surface area contributed by atoms with Crippen molar-refractivity contribution in [2.75, 3.05) is 0 Å². The molecule has 0 amide bonds. The van der Waals surface area contributed by atoms with Crippen LogP contribution in [0.5, 0.6) is 0 Å². The topological polar surface area (TPSA) is 49.8 Å². The van der Waals surface area contributed by atoms with Gasteiger partial charge in [-0.1, -0.05) is 20.8 Å². The Labute approximate surface area is 53.6 Å². The van der Waals surface area contributed by atoms with E-state index in [0.717, 1.165) is 0 Å². The molecule has 0 aromatic heterocycles. The van der Waals surface area contributed by atoms with Crippen molar-refractivity contribution in [2.24, 2.45) is 5.41 Å². The van der Waals surface area contributed by atoms with Crippen LogP contribution in [-0.4, -0.2) is 16.9 Å². The zero-order chi connectivity index (χ0) is 7.28. The maximum Gasteiger partial charge on any atom is 0.383 e. The lowest BCUT2D eigenvalue weighted by Gasteiger charge is -2.17. The number of aliphatic hydroxyl groups is 1. The van der Waals surface area contributed by atoms with E-state index in [2.05, 4.69) is 4.74 Å². The minimum Gasteiger partial charge on any atom is -0.416 e. The zero-order valence-corrected chi connectivity index (χ0v) is 5.76. The molecule has 1 aliphatic heterocycles. The van der Waals surface area contributed by atoms with Gasteiger partial charge in [-0.05, 0) is 0 Å². The van der Waals surface area contributed by atoms with Crippen molar-refractivity contribution < 1.29 is 14.6 Å². The normalized spacial score (nSPS) is 34.0. The smallest absolute Gasteiger partial charge is 0.383 e. The molecule has 3 nitrogen and oxygen atoms in total. The molecule has 52 valence electrons. The van der Waals surface area contributed by atoms with Crippen molar-refractivity contribution in [3.05, 3.63) is 0 Å². The summed E-state index contributed by atoms with van der Waals surface area (Å²) in [5.74, 6) is -2.01. The van der Waals surface area contributed by atoms with Crippen molar-refractivity contribution in [1.29, 1.82) is 0 Å². The molecule has 0 aromatic rings. The van der Waals surface area contributed by atoms with Gasteiger partial charge in [0.2, 0.25) is 0 Å². The second-order valence-corrected chi connectivity index (χ2v) is 3.28. The first-order valence-electron chi connectivity index (χ1n) is 2.84. The van der Waals surface area contributed by atoms with E-state index in [9.17, 15) is 4.79 Å². The molecule has 1 unspecified atom stereocenters. The van der Waals surface area contributed by atoms with E-state index < -0.39 is 17.2 Å². The van der Waals surface area contributed by atoms with Gasteiger partial charge in [0.05, 0.1) is 0 Å². The van der Waals surface area contributed by atoms with Gasteiger partial charge in [-0.25, -0.2) is 4.79 Å². The van der Waals surface area contributed by atoms with Gasteiger partial charge in [-0.15, -0.1) is 0 Å². The number of hydrogen-bond acceptors (Lipinski definition) is 3. The largest absolute Gasteiger partial charge is 0.416 e. The molecule has 1 N–H and O–H groups in total. The number of rotatable bonds is 0. The molecule has 1 rings (SSSR count). The van der Waals surface area contributed by atoms with Crippen LogP contribution in [0.3, 0.4) is 0 Å². The Balaban J connectivity index is 2.76. The van der Waals surface area contributed by atoms with Crippen LogP contribution in [0.4, 0.5) is 0 Å². The summed E-state index contributed by atoms with van der Waals surface area (Å²) < 4.78 is 4.39. The zero-order valence-electron chi connectivity index (χ0n) is 5.76. The molecule has 1 fully saturated rings. The van der Waals surface area contributed by atoms with Crippen molar-refractivity contribution >= 4 is 5.97 Å². The molecule has 1 atom stereocenters. The first-order chi connectivity index (χ1) is 3.88. The SMILES string of the molecule is CC(C)(C)C1(O)OC1=O. The summed E-state index contributed by atoms with van der Waals surface area (Å²) in [4.78, 5) is 10.4. The summed E-state index contributed by atoms with van der Waals surface area (Å²) >= 11 is 0. The molecule has 9 heavy (non-hydrogen) atoms. The molecular formula is C6H10O3. The molecule has 0 bridgehead atoms. The highest BCUT2D eigenvalue weighted by molar-refractivity contribution is 5.91. The molecular weight excluding hydrogens is 120 g/mol. The fraction of sp³-hybridized carbons (Fsp3) is 0.833. The van der Waals surface area contributed by atoms with Gasteiger partial charge in [0.15, 0.2) is 0 Å². The van der Waals surface area contributed by atoms with Gasteiger partial charge in [-0.3, -0.25) is 0 Å². The highest BCUT2D eigenvalue weighted by atomic mass is 16.8. The van der Waals surface area contributed by atoms with Crippen LogP contribution in [0.25, 0.3) is 0 Å². The van der Waals surface area contributed by atoms with Gasteiger partial charge in [0, 0.05) is 5.41 Å². The van der Waals surface area contributed by atoms with E-state index in [0.29, 0.717) is 0 Å². The highest BCUT2D eigenvalue weighted by Gasteiger charge is 2.65. The van der Waals surface area contributed by atoms with Crippen LogP contribution in [0.15, 0.2) is 0 Å². The first-order valence-corrected chi connectivity index (χ1v) is 2.84. The van der Waals surface area contributed by atoms with Crippen molar-refractivity contribution in [2.45, 2.75) is 26.6 Å². The fourth-order valence-corrected chi connectivity index (χ4v) is 0.568. The third-order valence-corrected chi connectivity index (χ3v) is 1.49. The number of epoxide rings is 1. The summed E-state index contributed by atoms with van der Waals surface area (Å²) in [6.45, 7) is 5.24. The molecule has 1 aliphatic rings. The quantitative estimate of drug-likeness (QED) is 0.479. The van der Waals surface area contributed by atoms with Crippen molar-refractivity contribution in [3.63, 3.8) is 0 Å². The van der Waals surface area contributed by atoms with Gasteiger partial charge in [-0.2, -0.15) is 0 Å². The van der Waals surface area contributed by atoms with E-state index in [1.807, 2.05) is 0 Å². The van der Waals surface area contributed by atoms with E-state index in [1.165, 1.54) is 0 Å². The maximum atomic E-state index is 10.4. The Bertz CT molecular complexity index is 156. The van der Waals surface area contributed by atoms with Gasteiger partial charge < -0.3 is 9.84 Å². The van der Waals surface area contributed by atoms with Crippen LogP contribution in [0.2, 0.25) is 0 Å². The van der Waals surface area contributed by atoms with E-state index >= 15 is 0 Å². The molecule has 1 heterocycles. The van der Waals surface area contributed by atoms with Crippen LogP contribution in [0.1, 0.15) is 20.8 Å². The third-order valence-electron chi connectivity index (χ3n) is 1.49. The lowest BCUT2D eigenvalue weighted by Crippen LogP contribution is -2.30. The minimum absolute atomic E-state index is 0.496. The molecule has 1 saturated heterocycles. The number of carbonyl (C=O) groups excluding carboxylic acids is 1. The van der Waals surface area contributed by atoms with Crippen molar-refractivity contribution in [1.82, 2.24) is 0 Å². The molecule has 0 saturated carbocycles. The third kappa shape index (κ3) is 0.721. The number of ether oxygens (including phenoxy) is 1.